The molecule has 166 valence electrons. The number of hydrogen-bond acceptors (Lipinski definition) is 6. The number of alkyl halides is 2. The van der Waals surface area contributed by atoms with Crippen LogP contribution in [0.2, 0.25) is 0 Å². The zero-order chi connectivity index (χ0) is 22.6. The van der Waals surface area contributed by atoms with Gasteiger partial charge in [-0.3, -0.25) is 19.3 Å². The number of nitrogens with zero attached hydrogens (tertiary/aromatic N) is 2. The second kappa shape index (κ2) is 7.77. The molecule has 0 spiro atoms. The number of aromatic nitrogens is 1. The van der Waals surface area contributed by atoms with Crippen molar-refractivity contribution in [2.45, 2.75) is 20.0 Å². The van der Waals surface area contributed by atoms with Crippen molar-refractivity contribution in [3.05, 3.63) is 41.3 Å². The molecule has 3 aliphatic rings. The van der Waals surface area contributed by atoms with Crippen molar-refractivity contribution >= 4 is 34.2 Å². The lowest BCUT2D eigenvalue weighted by Gasteiger charge is -2.16. The van der Waals surface area contributed by atoms with Crippen molar-refractivity contribution in [1.29, 1.82) is 0 Å². The van der Waals surface area contributed by atoms with E-state index in [9.17, 15) is 23.2 Å². The molecule has 1 aliphatic heterocycles. The number of carbonyl (C=O) groups is 3. The molecule has 0 radical (unpaired) electrons. The van der Waals surface area contributed by atoms with Crippen LogP contribution in [-0.2, 0) is 14.4 Å². The molecule has 2 aliphatic carbocycles. The summed E-state index contributed by atoms with van der Waals surface area (Å²) in [5.41, 5.74) is 1.28. The summed E-state index contributed by atoms with van der Waals surface area (Å²) in [6, 6.07) is 6.05. The van der Waals surface area contributed by atoms with Crippen LogP contribution in [0.4, 0.5) is 13.9 Å². The Balaban J connectivity index is 1.25. The van der Waals surface area contributed by atoms with E-state index in [2.05, 4.69) is 15.0 Å². The van der Waals surface area contributed by atoms with Gasteiger partial charge in [0.25, 0.3) is 0 Å². The van der Waals surface area contributed by atoms with E-state index >= 15 is 0 Å². The van der Waals surface area contributed by atoms with Crippen LogP contribution in [0, 0.1) is 30.6 Å². The molecule has 1 saturated carbocycles. The number of fused-ring (bicyclic) bond motifs is 5. The van der Waals surface area contributed by atoms with Gasteiger partial charge in [-0.15, -0.1) is 11.3 Å². The first kappa shape index (κ1) is 20.7. The normalized spacial score (nSPS) is 25.7. The van der Waals surface area contributed by atoms with Crippen molar-refractivity contribution in [1.82, 2.24) is 9.88 Å². The molecule has 4 unspecified atom stereocenters. The molecule has 7 nitrogen and oxygen atoms in total. The van der Waals surface area contributed by atoms with Gasteiger partial charge in [0.1, 0.15) is 12.3 Å². The number of imide groups is 1. The van der Waals surface area contributed by atoms with Gasteiger partial charge in [0.05, 0.1) is 17.5 Å². The number of rotatable bonds is 6. The zero-order valence-electron chi connectivity index (χ0n) is 17.0. The average Bonchev–Trinajstić information content (AvgIpc) is 3.49. The maximum atomic E-state index is 12.7. The standard InChI is InChI=1S/C22H19F2N3O4S/c1-10-18(11-4-6-14(7-5-11)31-21(23)24)26-22(32-10)25-15(28)9-27-19(29)16-12-2-3-13(8-12)17(16)20(27)30/h2-7,12-13,16-17,21H,8-9H2,1H3,(H,25,26,28). The number of benzene rings is 1. The highest BCUT2D eigenvalue weighted by Gasteiger charge is 2.59. The Morgan fingerprint density at radius 1 is 1.19 bits per heavy atom. The van der Waals surface area contributed by atoms with Crippen LogP contribution in [0.25, 0.3) is 11.3 Å². The van der Waals surface area contributed by atoms with E-state index < -0.39 is 12.5 Å². The summed E-state index contributed by atoms with van der Waals surface area (Å²) in [7, 11) is 0. The van der Waals surface area contributed by atoms with Gasteiger partial charge in [0, 0.05) is 10.4 Å². The molecular formula is C22H19F2N3O4S. The summed E-state index contributed by atoms with van der Waals surface area (Å²) in [6.45, 7) is -1.41. The fraction of sp³-hybridized carbons (Fsp3) is 0.364. The molecule has 1 aromatic carbocycles. The highest BCUT2D eigenvalue weighted by atomic mass is 32.1. The van der Waals surface area contributed by atoms with Gasteiger partial charge in [-0.25, -0.2) is 4.98 Å². The summed E-state index contributed by atoms with van der Waals surface area (Å²) in [5.74, 6) is -1.48. The second-order valence-electron chi connectivity index (χ2n) is 8.14. The van der Waals surface area contributed by atoms with Crippen LogP contribution in [-0.4, -0.2) is 40.8 Å². The van der Waals surface area contributed by atoms with E-state index in [1.807, 2.05) is 19.1 Å². The summed E-state index contributed by atoms with van der Waals surface area (Å²) in [4.78, 5) is 44.3. The molecular weight excluding hydrogens is 440 g/mol. The Labute approximate surface area is 186 Å². The molecule has 32 heavy (non-hydrogen) atoms. The molecule has 3 amide bonds. The lowest BCUT2D eigenvalue weighted by atomic mass is 9.85. The van der Waals surface area contributed by atoms with E-state index in [1.165, 1.54) is 23.5 Å². The predicted molar refractivity (Wildman–Crippen MR) is 112 cm³/mol. The first-order valence-corrected chi connectivity index (χ1v) is 11.0. The number of aryl methyl sites for hydroxylation is 1. The minimum atomic E-state index is -2.90. The van der Waals surface area contributed by atoms with E-state index in [0.29, 0.717) is 16.4 Å². The number of allylic oxidation sites excluding steroid dienone is 2. The van der Waals surface area contributed by atoms with Gasteiger partial charge in [-0.1, -0.05) is 12.2 Å². The Bertz CT molecular complexity index is 1100. The number of ether oxygens (including phenoxy) is 1. The van der Waals surface area contributed by atoms with Crippen LogP contribution >= 0.6 is 11.3 Å². The highest BCUT2D eigenvalue weighted by molar-refractivity contribution is 7.16. The minimum Gasteiger partial charge on any atom is -0.435 e. The van der Waals surface area contributed by atoms with E-state index in [1.54, 1.807) is 12.1 Å². The van der Waals surface area contributed by atoms with Crippen LogP contribution in [0.5, 0.6) is 5.75 Å². The van der Waals surface area contributed by atoms with Gasteiger partial charge in [-0.05, 0) is 49.4 Å². The molecule has 1 saturated heterocycles. The number of nitrogens with one attached hydrogen (secondary N) is 1. The van der Waals surface area contributed by atoms with Crippen LogP contribution in [0.15, 0.2) is 36.4 Å². The largest absolute Gasteiger partial charge is 0.435 e. The monoisotopic (exact) mass is 459 g/mol. The van der Waals surface area contributed by atoms with E-state index in [0.717, 1.165) is 16.2 Å². The lowest BCUT2D eigenvalue weighted by Crippen LogP contribution is -2.39. The second-order valence-corrected chi connectivity index (χ2v) is 9.34. The van der Waals surface area contributed by atoms with Gasteiger partial charge in [0.15, 0.2) is 5.13 Å². The Morgan fingerprint density at radius 2 is 1.81 bits per heavy atom. The third kappa shape index (κ3) is 3.48. The number of thiazole rings is 1. The third-order valence-electron chi connectivity index (χ3n) is 6.26. The molecule has 1 aromatic heterocycles. The Morgan fingerprint density at radius 3 is 2.41 bits per heavy atom. The fourth-order valence-corrected chi connectivity index (χ4v) is 5.79. The number of hydrogen-bond donors (Lipinski definition) is 1. The summed E-state index contributed by atoms with van der Waals surface area (Å²) in [5, 5.41) is 3.00. The molecule has 1 N–H and O–H groups in total. The zero-order valence-corrected chi connectivity index (χ0v) is 17.8. The maximum absolute atomic E-state index is 12.7. The molecule has 2 fully saturated rings. The number of anilines is 1. The fourth-order valence-electron chi connectivity index (χ4n) is 4.93. The maximum Gasteiger partial charge on any atom is 0.387 e. The van der Waals surface area contributed by atoms with Gasteiger partial charge < -0.3 is 10.1 Å². The molecule has 10 heteroatoms. The first-order valence-electron chi connectivity index (χ1n) is 10.2. The summed E-state index contributed by atoms with van der Waals surface area (Å²) < 4.78 is 29.0. The van der Waals surface area contributed by atoms with Crippen molar-refractivity contribution in [2.75, 3.05) is 11.9 Å². The lowest BCUT2D eigenvalue weighted by molar-refractivity contribution is -0.143. The Kier molecular flexibility index (Phi) is 5.04. The van der Waals surface area contributed by atoms with Gasteiger partial charge in [-0.2, -0.15) is 8.78 Å². The molecule has 4 atom stereocenters. The number of halogens is 2. The van der Waals surface area contributed by atoms with Crippen LogP contribution < -0.4 is 10.1 Å². The van der Waals surface area contributed by atoms with Crippen molar-refractivity contribution in [3.63, 3.8) is 0 Å². The van der Waals surface area contributed by atoms with Gasteiger partial charge in [0.2, 0.25) is 17.7 Å². The number of amides is 3. The van der Waals surface area contributed by atoms with Crippen molar-refractivity contribution in [3.8, 4) is 17.0 Å². The van der Waals surface area contributed by atoms with Crippen LogP contribution in [0.1, 0.15) is 11.3 Å². The molecule has 5 rings (SSSR count). The summed E-state index contributed by atoms with van der Waals surface area (Å²) >= 11 is 1.25. The number of carbonyl (C=O) groups excluding carboxylic acids is 3. The minimum absolute atomic E-state index is 0.0403. The SMILES string of the molecule is Cc1sc(NC(=O)CN2C(=O)C3C4C=CC(C4)C3C2=O)nc1-c1ccc(OC(F)F)cc1. The molecule has 2 bridgehead atoms. The smallest absolute Gasteiger partial charge is 0.387 e. The first-order chi connectivity index (χ1) is 15.3. The Hall–Kier alpha value is -3.14. The average molecular weight is 459 g/mol. The van der Waals surface area contributed by atoms with E-state index in [4.69, 9.17) is 0 Å². The van der Waals surface area contributed by atoms with Crippen molar-refractivity contribution < 1.29 is 27.9 Å². The molecule has 2 aromatic rings. The topological polar surface area (TPSA) is 88.6 Å². The molecule has 2 heterocycles. The van der Waals surface area contributed by atoms with E-state index in [-0.39, 0.29) is 47.8 Å². The quantitative estimate of drug-likeness (QED) is 0.528. The third-order valence-corrected chi connectivity index (χ3v) is 7.15. The summed E-state index contributed by atoms with van der Waals surface area (Å²) in [6.07, 6.45) is 4.85. The van der Waals surface area contributed by atoms with Crippen LogP contribution in [0.3, 0.4) is 0 Å². The predicted octanol–water partition coefficient (Wildman–Crippen LogP) is 3.47. The number of likely N-dealkylation sites (tertiary alicyclic amines) is 1. The highest BCUT2D eigenvalue weighted by Crippen LogP contribution is 2.52. The van der Waals surface area contributed by atoms with Gasteiger partial charge >= 0.3 is 6.61 Å². The van der Waals surface area contributed by atoms with Crippen molar-refractivity contribution in [2.24, 2.45) is 23.7 Å².